The van der Waals surface area contributed by atoms with Gasteiger partial charge in [-0.3, -0.25) is 0 Å². The molecule has 0 amide bonds. The minimum absolute atomic E-state index is 0.310. The Balaban J connectivity index is 2.14. The van der Waals surface area contributed by atoms with Gasteiger partial charge in [-0.2, -0.15) is 0 Å². The lowest BCUT2D eigenvalue weighted by atomic mass is 10.0. The number of hydrogen-bond acceptors (Lipinski definition) is 4. The van der Waals surface area contributed by atoms with Gasteiger partial charge in [-0.1, -0.05) is 15.9 Å². The summed E-state index contributed by atoms with van der Waals surface area (Å²) in [7, 11) is 0. The first-order valence-corrected chi connectivity index (χ1v) is 8.18. The Morgan fingerprint density at radius 1 is 1.20 bits per heavy atom. The van der Waals surface area contributed by atoms with E-state index < -0.39 is 0 Å². The summed E-state index contributed by atoms with van der Waals surface area (Å²) >= 11 is 7.06. The lowest BCUT2D eigenvalue weighted by Crippen LogP contribution is -2.40. The molecule has 2 aromatic rings. The zero-order valence-electron chi connectivity index (χ0n) is 10.9. The molecule has 1 aromatic carbocycles. The number of halogens is 2. The molecule has 4 nitrogen and oxygen atoms in total. The molecule has 2 heterocycles. The molecule has 0 aliphatic carbocycles. The molecule has 106 valence electrons. The summed E-state index contributed by atoms with van der Waals surface area (Å²) in [4.78, 5) is 6.89. The molecule has 0 unspecified atom stereocenters. The maximum atomic E-state index is 6.15. The molecule has 20 heavy (non-hydrogen) atoms. The van der Waals surface area contributed by atoms with Crippen LogP contribution in [0.3, 0.4) is 0 Å². The molecule has 3 rings (SSSR count). The monoisotopic (exact) mass is 398 g/mol. The van der Waals surface area contributed by atoms with Crippen LogP contribution in [0, 0.1) is 0 Å². The normalized spacial score (nSPS) is 16.9. The highest BCUT2D eigenvalue weighted by molar-refractivity contribution is 9.11. The number of nitrogens with two attached hydrogens (primary N) is 2. The molecule has 0 saturated carbocycles. The van der Waals surface area contributed by atoms with E-state index in [9.17, 15) is 0 Å². The number of rotatable bonds is 1. The number of hydrogen-bond donors (Lipinski definition) is 2. The van der Waals surface area contributed by atoms with Crippen molar-refractivity contribution in [3.05, 3.63) is 27.3 Å². The SMILES string of the molecule is Nc1cc(Br)cc2c(N3CCC(N)CC3)ncc(Br)c12. The van der Waals surface area contributed by atoms with E-state index in [1.165, 1.54) is 0 Å². The molecule has 4 N–H and O–H groups in total. The van der Waals surface area contributed by atoms with E-state index in [2.05, 4.69) is 47.8 Å². The van der Waals surface area contributed by atoms with Gasteiger partial charge in [0.2, 0.25) is 0 Å². The van der Waals surface area contributed by atoms with Crippen LogP contribution in [0.2, 0.25) is 0 Å². The molecular weight excluding hydrogens is 384 g/mol. The van der Waals surface area contributed by atoms with Crippen LogP contribution < -0.4 is 16.4 Å². The molecule has 1 aliphatic heterocycles. The van der Waals surface area contributed by atoms with Crippen molar-refractivity contribution in [2.75, 3.05) is 23.7 Å². The summed E-state index contributed by atoms with van der Waals surface area (Å²) in [5.41, 5.74) is 12.9. The first kappa shape index (κ1) is 14.1. The van der Waals surface area contributed by atoms with E-state index in [1.807, 2.05) is 12.3 Å². The van der Waals surface area contributed by atoms with Crippen molar-refractivity contribution in [2.45, 2.75) is 18.9 Å². The van der Waals surface area contributed by atoms with E-state index in [0.717, 1.165) is 57.2 Å². The molecular formula is C14H16Br2N4. The predicted octanol–water partition coefficient (Wildman–Crippen LogP) is 3.27. The average Bonchev–Trinajstić information content (AvgIpc) is 2.39. The third-order valence-electron chi connectivity index (χ3n) is 3.75. The van der Waals surface area contributed by atoms with Crippen molar-refractivity contribution in [2.24, 2.45) is 5.73 Å². The Morgan fingerprint density at radius 3 is 2.60 bits per heavy atom. The number of piperidine rings is 1. The Morgan fingerprint density at radius 2 is 1.90 bits per heavy atom. The van der Waals surface area contributed by atoms with Gasteiger partial charge in [0.25, 0.3) is 0 Å². The summed E-state index contributed by atoms with van der Waals surface area (Å²) in [6.45, 7) is 1.88. The van der Waals surface area contributed by atoms with Crippen molar-refractivity contribution >= 4 is 54.1 Å². The van der Waals surface area contributed by atoms with E-state index >= 15 is 0 Å². The van der Waals surface area contributed by atoms with Gasteiger partial charge in [-0.25, -0.2) is 4.98 Å². The van der Waals surface area contributed by atoms with Crippen molar-refractivity contribution in [1.82, 2.24) is 4.98 Å². The van der Waals surface area contributed by atoms with Crippen molar-refractivity contribution in [3.63, 3.8) is 0 Å². The number of aromatic nitrogens is 1. The van der Waals surface area contributed by atoms with Crippen LogP contribution >= 0.6 is 31.9 Å². The first-order chi connectivity index (χ1) is 9.56. The molecule has 1 saturated heterocycles. The maximum absolute atomic E-state index is 6.15. The second kappa shape index (κ2) is 5.50. The van der Waals surface area contributed by atoms with E-state index in [-0.39, 0.29) is 0 Å². The van der Waals surface area contributed by atoms with Crippen LogP contribution in [0.1, 0.15) is 12.8 Å². The van der Waals surface area contributed by atoms with Crippen LogP contribution in [0.25, 0.3) is 10.8 Å². The second-order valence-electron chi connectivity index (χ2n) is 5.17. The molecule has 0 atom stereocenters. The van der Waals surface area contributed by atoms with Gasteiger partial charge >= 0.3 is 0 Å². The van der Waals surface area contributed by atoms with Crippen LogP contribution in [0.15, 0.2) is 27.3 Å². The topological polar surface area (TPSA) is 68.2 Å². The Bertz CT molecular complexity index is 651. The highest BCUT2D eigenvalue weighted by atomic mass is 79.9. The molecule has 0 spiro atoms. The molecule has 1 aromatic heterocycles. The van der Waals surface area contributed by atoms with Crippen LogP contribution in [-0.4, -0.2) is 24.1 Å². The number of fused-ring (bicyclic) bond motifs is 1. The summed E-state index contributed by atoms with van der Waals surface area (Å²) < 4.78 is 1.90. The molecule has 0 radical (unpaired) electrons. The van der Waals surface area contributed by atoms with Gasteiger partial charge in [0, 0.05) is 50.7 Å². The second-order valence-corrected chi connectivity index (χ2v) is 6.94. The zero-order chi connectivity index (χ0) is 14.3. The fourth-order valence-electron chi connectivity index (χ4n) is 2.69. The number of pyridine rings is 1. The van der Waals surface area contributed by atoms with Gasteiger partial charge in [-0.15, -0.1) is 0 Å². The predicted molar refractivity (Wildman–Crippen MR) is 91.0 cm³/mol. The zero-order valence-corrected chi connectivity index (χ0v) is 14.1. The smallest absolute Gasteiger partial charge is 0.136 e. The standard InChI is InChI=1S/C14H16Br2N4/c15-8-5-10-13(12(18)6-8)11(16)7-19-14(10)20-3-1-9(17)2-4-20/h5-7,9H,1-4,17-18H2. The highest BCUT2D eigenvalue weighted by Crippen LogP contribution is 2.37. The summed E-state index contributed by atoms with van der Waals surface area (Å²) in [5, 5.41) is 2.09. The maximum Gasteiger partial charge on any atom is 0.136 e. The van der Waals surface area contributed by atoms with Crippen LogP contribution in [0.5, 0.6) is 0 Å². The third-order valence-corrected chi connectivity index (χ3v) is 4.81. The summed E-state index contributed by atoms with van der Waals surface area (Å²) in [5.74, 6) is 0.989. The minimum atomic E-state index is 0.310. The summed E-state index contributed by atoms with van der Waals surface area (Å²) in [6.07, 6.45) is 3.84. The molecule has 1 aliphatic rings. The van der Waals surface area contributed by atoms with Crippen molar-refractivity contribution < 1.29 is 0 Å². The third kappa shape index (κ3) is 2.52. The average molecular weight is 400 g/mol. The fraction of sp³-hybridized carbons (Fsp3) is 0.357. The minimum Gasteiger partial charge on any atom is -0.398 e. The number of benzene rings is 1. The lowest BCUT2D eigenvalue weighted by Gasteiger charge is -2.32. The quantitative estimate of drug-likeness (QED) is 0.722. The number of nitrogen functional groups attached to an aromatic ring is 1. The number of nitrogens with zero attached hydrogens (tertiary/aromatic N) is 2. The van der Waals surface area contributed by atoms with Crippen molar-refractivity contribution in [3.8, 4) is 0 Å². The van der Waals surface area contributed by atoms with Crippen LogP contribution in [0.4, 0.5) is 11.5 Å². The van der Waals surface area contributed by atoms with Crippen molar-refractivity contribution in [1.29, 1.82) is 0 Å². The molecule has 6 heteroatoms. The molecule has 0 bridgehead atoms. The number of anilines is 2. The van der Waals surface area contributed by atoms with Gasteiger partial charge in [0.1, 0.15) is 5.82 Å². The van der Waals surface area contributed by atoms with Gasteiger partial charge in [-0.05, 0) is 40.9 Å². The van der Waals surface area contributed by atoms with E-state index in [1.54, 1.807) is 0 Å². The highest BCUT2D eigenvalue weighted by Gasteiger charge is 2.20. The van der Waals surface area contributed by atoms with E-state index in [4.69, 9.17) is 11.5 Å². The van der Waals surface area contributed by atoms with E-state index in [0.29, 0.717) is 6.04 Å². The fourth-order valence-corrected chi connectivity index (χ4v) is 3.71. The first-order valence-electron chi connectivity index (χ1n) is 6.60. The van der Waals surface area contributed by atoms with Gasteiger partial charge in [0.15, 0.2) is 0 Å². The molecule has 1 fully saturated rings. The Labute approximate surface area is 134 Å². The van der Waals surface area contributed by atoms with Gasteiger partial charge < -0.3 is 16.4 Å². The summed E-state index contributed by atoms with van der Waals surface area (Å²) in [6, 6.07) is 4.31. The van der Waals surface area contributed by atoms with Gasteiger partial charge in [0.05, 0.1) is 0 Å². The lowest BCUT2D eigenvalue weighted by molar-refractivity contribution is 0.499. The Hall–Kier alpha value is -0.850. The van der Waals surface area contributed by atoms with Crippen LogP contribution in [-0.2, 0) is 0 Å². The largest absolute Gasteiger partial charge is 0.398 e. The Kier molecular flexibility index (Phi) is 3.88.